The van der Waals surface area contributed by atoms with Crippen molar-refractivity contribution in [3.63, 3.8) is 0 Å². The van der Waals surface area contributed by atoms with E-state index >= 15 is 0 Å². The topological polar surface area (TPSA) is 116 Å². The fraction of sp³-hybridized carbons (Fsp3) is 0.409. The highest BCUT2D eigenvalue weighted by molar-refractivity contribution is 7.89. The van der Waals surface area contributed by atoms with Gasteiger partial charge in [-0.3, -0.25) is 14.9 Å². The zero-order chi connectivity index (χ0) is 22.9. The molecule has 1 saturated carbocycles. The van der Waals surface area contributed by atoms with Crippen molar-refractivity contribution in [3.05, 3.63) is 41.5 Å². The summed E-state index contributed by atoms with van der Waals surface area (Å²) in [4.78, 5) is 36.4. The molecule has 1 atom stereocenters. The highest BCUT2D eigenvalue weighted by Crippen LogP contribution is 2.30. The van der Waals surface area contributed by atoms with Gasteiger partial charge in [0.05, 0.1) is 5.75 Å². The van der Waals surface area contributed by atoms with Gasteiger partial charge in [-0.15, -0.1) is 0 Å². The van der Waals surface area contributed by atoms with Crippen molar-refractivity contribution in [2.45, 2.75) is 37.8 Å². The number of sulfonamides is 1. The highest BCUT2D eigenvalue weighted by Gasteiger charge is 2.46. The van der Waals surface area contributed by atoms with Gasteiger partial charge in [0.2, 0.25) is 16.4 Å². The molecule has 1 aromatic carbocycles. The van der Waals surface area contributed by atoms with Gasteiger partial charge in [-0.1, -0.05) is 24.0 Å². The minimum Gasteiger partial charge on any atom is -0.322 e. The molecule has 2 heterocycles. The quantitative estimate of drug-likeness (QED) is 0.372. The molecule has 10 heteroatoms. The van der Waals surface area contributed by atoms with E-state index in [0.29, 0.717) is 6.42 Å². The van der Waals surface area contributed by atoms with Crippen molar-refractivity contribution in [1.29, 1.82) is 0 Å². The fourth-order valence-electron chi connectivity index (χ4n) is 3.76. The molecule has 1 aromatic rings. The number of benzene rings is 1. The van der Waals surface area contributed by atoms with Gasteiger partial charge in [-0.25, -0.2) is 13.2 Å². The number of rotatable bonds is 6. The molecule has 2 fully saturated rings. The summed E-state index contributed by atoms with van der Waals surface area (Å²) in [5.41, 5.74) is 0.942. The largest absolute Gasteiger partial charge is 0.322 e. The number of amides is 4. The first kappa shape index (κ1) is 22.0. The Bertz CT molecular complexity index is 1160. The Balaban J connectivity index is 1.41. The van der Waals surface area contributed by atoms with Crippen LogP contribution in [0.4, 0.5) is 10.5 Å². The van der Waals surface area contributed by atoms with Crippen LogP contribution in [-0.4, -0.2) is 61.5 Å². The number of nitrogens with one attached hydrogen (secondary N) is 2. The first-order chi connectivity index (χ1) is 15.2. The molecule has 9 nitrogen and oxygen atoms in total. The number of urea groups is 1. The van der Waals surface area contributed by atoms with Gasteiger partial charge in [0.25, 0.3) is 5.91 Å². The van der Waals surface area contributed by atoms with E-state index in [4.69, 9.17) is 0 Å². The van der Waals surface area contributed by atoms with Gasteiger partial charge in [0.1, 0.15) is 5.54 Å². The number of imide groups is 1. The molecule has 4 rings (SSSR count). The van der Waals surface area contributed by atoms with Crippen molar-refractivity contribution < 1.29 is 22.8 Å². The monoisotopic (exact) mass is 456 g/mol. The zero-order valence-corrected chi connectivity index (χ0v) is 18.4. The van der Waals surface area contributed by atoms with E-state index in [1.54, 1.807) is 11.0 Å². The van der Waals surface area contributed by atoms with E-state index < -0.39 is 33.3 Å². The zero-order valence-electron chi connectivity index (χ0n) is 17.6. The lowest BCUT2D eigenvalue weighted by Crippen LogP contribution is -2.52. The molecule has 0 radical (unpaired) electrons. The lowest BCUT2D eigenvalue weighted by Gasteiger charge is -2.28. The van der Waals surface area contributed by atoms with Crippen LogP contribution in [0.3, 0.4) is 0 Å². The van der Waals surface area contributed by atoms with Crippen LogP contribution < -0.4 is 15.5 Å². The third-order valence-corrected chi connectivity index (χ3v) is 7.78. The van der Waals surface area contributed by atoms with Gasteiger partial charge in [-0.2, -0.15) is 4.31 Å². The van der Waals surface area contributed by atoms with Gasteiger partial charge >= 0.3 is 6.03 Å². The van der Waals surface area contributed by atoms with E-state index in [-0.39, 0.29) is 19.1 Å². The maximum atomic E-state index is 12.8. The summed E-state index contributed by atoms with van der Waals surface area (Å²) < 4.78 is 26.8. The van der Waals surface area contributed by atoms with Crippen molar-refractivity contribution in [3.8, 4) is 11.8 Å². The third-order valence-electron chi connectivity index (χ3n) is 5.72. The summed E-state index contributed by atoms with van der Waals surface area (Å²) in [6, 6.07) is 7.07. The molecule has 2 aliphatic heterocycles. The Morgan fingerprint density at radius 3 is 2.66 bits per heavy atom. The molecule has 32 heavy (non-hydrogen) atoms. The number of anilines is 1. The van der Waals surface area contributed by atoms with Crippen LogP contribution in [0.25, 0.3) is 0 Å². The fourth-order valence-corrected chi connectivity index (χ4v) is 5.55. The van der Waals surface area contributed by atoms with E-state index in [1.807, 2.05) is 24.3 Å². The predicted molar refractivity (Wildman–Crippen MR) is 118 cm³/mol. The summed E-state index contributed by atoms with van der Waals surface area (Å²) in [5.74, 6) is 5.03. The van der Waals surface area contributed by atoms with Crippen molar-refractivity contribution >= 4 is 34.1 Å². The average Bonchev–Trinajstić information content (AvgIpc) is 3.54. The molecule has 1 saturated heterocycles. The lowest BCUT2D eigenvalue weighted by atomic mass is 10.1. The Hall–Kier alpha value is -3.16. The maximum Gasteiger partial charge on any atom is 0.322 e. The summed E-state index contributed by atoms with van der Waals surface area (Å²) in [6.07, 6.45) is 5.08. The highest BCUT2D eigenvalue weighted by atomic mass is 32.2. The molecule has 0 bridgehead atoms. The molecule has 3 aliphatic rings. The molecule has 0 spiro atoms. The van der Waals surface area contributed by atoms with Crippen molar-refractivity contribution in [2.24, 2.45) is 0 Å². The second-order valence-electron chi connectivity index (χ2n) is 8.38. The molecule has 0 unspecified atom stereocenters. The van der Waals surface area contributed by atoms with Crippen LogP contribution >= 0.6 is 0 Å². The lowest BCUT2D eigenvalue weighted by molar-refractivity contribution is -0.122. The average molecular weight is 457 g/mol. The molecule has 168 valence electrons. The minimum absolute atomic E-state index is 0.151. The minimum atomic E-state index is -3.77. The Morgan fingerprint density at radius 1 is 1.28 bits per heavy atom. The van der Waals surface area contributed by atoms with E-state index in [1.165, 1.54) is 11.2 Å². The number of nitrogens with zero attached hydrogens (tertiary/aromatic N) is 2. The number of carbonyl (C=O) groups is 3. The summed E-state index contributed by atoms with van der Waals surface area (Å²) >= 11 is 0. The summed E-state index contributed by atoms with van der Waals surface area (Å²) in [5, 5.41) is 4.45. The van der Waals surface area contributed by atoms with Crippen molar-refractivity contribution in [2.75, 3.05) is 23.7 Å². The Labute approximate surface area is 186 Å². The van der Waals surface area contributed by atoms with Crippen LogP contribution in [0.1, 0.15) is 31.7 Å². The Kier molecular flexibility index (Phi) is 5.79. The molecule has 1 aliphatic carbocycles. The second kappa shape index (κ2) is 8.41. The smallest absolute Gasteiger partial charge is 0.322 e. The number of carbonyl (C=O) groups excluding carboxylic acids is 3. The first-order valence-corrected chi connectivity index (χ1v) is 12.0. The van der Waals surface area contributed by atoms with Gasteiger partial charge in [-0.05, 0) is 44.4 Å². The standard InChI is InChI=1S/C22H24N4O5S/c1-22(20(28)23-21(29)24-22)14-32(30,31)25-11-9-16(10-12-25)5-6-17-3-2-4-19(13-17)26(15-27)18-7-8-18/h2-4,9,13,15,18H,7-8,10-12,14H2,1H3,(H2,23,24,28,29)/t22-/m1/s1. The molecular weight excluding hydrogens is 432 g/mol. The maximum absolute atomic E-state index is 12.8. The van der Waals surface area contributed by atoms with Gasteiger partial charge in [0.15, 0.2) is 0 Å². The summed E-state index contributed by atoms with van der Waals surface area (Å²) in [6.45, 7) is 1.79. The third kappa shape index (κ3) is 4.69. The number of hydrogen-bond donors (Lipinski definition) is 2. The first-order valence-electron chi connectivity index (χ1n) is 10.4. The normalized spacial score (nSPS) is 23.5. The van der Waals surface area contributed by atoms with E-state index in [0.717, 1.165) is 36.1 Å². The van der Waals surface area contributed by atoms with E-state index in [2.05, 4.69) is 22.5 Å². The molecule has 0 aromatic heterocycles. The van der Waals surface area contributed by atoms with E-state index in [9.17, 15) is 22.8 Å². The van der Waals surface area contributed by atoms with Crippen LogP contribution in [0.2, 0.25) is 0 Å². The predicted octanol–water partition coefficient (Wildman–Crippen LogP) is 0.723. The summed E-state index contributed by atoms with van der Waals surface area (Å²) in [7, 11) is -3.77. The second-order valence-corrected chi connectivity index (χ2v) is 10.3. The van der Waals surface area contributed by atoms with Crippen LogP contribution in [0.15, 0.2) is 35.9 Å². The van der Waals surface area contributed by atoms with Crippen molar-refractivity contribution in [1.82, 2.24) is 14.9 Å². The SMILES string of the molecule is C[C@]1(CS(=O)(=O)N2CC=C(C#Cc3cccc(N(C=O)C4CC4)c3)CC2)NC(=O)NC1=O. The van der Waals surface area contributed by atoms with Crippen LogP contribution in [0, 0.1) is 11.8 Å². The van der Waals surface area contributed by atoms with Gasteiger partial charge < -0.3 is 10.2 Å². The van der Waals surface area contributed by atoms with Crippen LogP contribution in [-0.2, 0) is 19.6 Å². The Morgan fingerprint density at radius 2 is 2.06 bits per heavy atom. The number of hydrogen-bond acceptors (Lipinski definition) is 5. The van der Waals surface area contributed by atoms with Crippen LogP contribution in [0.5, 0.6) is 0 Å². The van der Waals surface area contributed by atoms with Gasteiger partial charge in [0, 0.05) is 36.0 Å². The molecule has 4 amide bonds. The molecule has 2 N–H and O–H groups in total. The molecular formula is C22H24N4O5S.